The molecule has 0 fully saturated rings. The van der Waals surface area contributed by atoms with Crippen LogP contribution < -0.4 is 5.32 Å². The van der Waals surface area contributed by atoms with Crippen LogP contribution in [-0.4, -0.2) is 47.4 Å². The number of ether oxygens (including phenoxy) is 1. The minimum atomic E-state index is -0.669. The number of amides is 1. The molecule has 0 aromatic heterocycles. The summed E-state index contributed by atoms with van der Waals surface area (Å²) in [6.45, 7) is 4.97. The minimum absolute atomic E-state index is 0.00966. The van der Waals surface area contributed by atoms with E-state index in [0.29, 0.717) is 25.9 Å². The van der Waals surface area contributed by atoms with Crippen LogP contribution >= 0.6 is 0 Å². The number of nitrogens with one attached hydrogen (secondary N) is 1. The zero-order chi connectivity index (χ0) is 59.9. The van der Waals surface area contributed by atoms with Gasteiger partial charge in [-0.1, -0.05) is 359 Å². The molecule has 0 rings (SSSR count). The third-order valence-electron chi connectivity index (χ3n) is 17.7. The Hall–Kier alpha value is -1.92. The summed E-state index contributed by atoms with van der Waals surface area (Å²) in [5, 5.41) is 23.5. The molecule has 0 spiro atoms. The van der Waals surface area contributed by atoms with Gasteiger partial charge in [-0.25, -0.2) is 0 Å². The Labute approximate surface area is 519 Å². The van der Waals surface area contributed by atoms with E-state index in [2.05, 4.69) is 55.6 Å². The van der Waals surface area contributed by atoms with Gasteiger partial charge in [0.15, 0.2) is 0 Å². The third kappa shape index (κ3) is 69.1. The predicted molar refractivity (Wildman–Crippen MR) is 366 cm³/mol. The zero-order valence-electron chi connectivity index (χ0n) is 56.2. The van der Waals surface area contributed by atoms with E-state index in [4.69, 9.17) is 4.74 Å². The molecule has 2 atom stereocenters. The summed E-state index contributed by atoms with van der Waals surface area (Å²) in [7, 11) is 0. The number of hydrogen-bond donors (Lipinski definition) is 3. The van der Waals surface area contributed by atoms with Crippen LogP contribution in [0, 0.1) is 0 Å². The van der Waals surface area contributed by atoms with Crippen molar-refractivity contribution < 1.29 is 24.5 Å². The van der Waals surface area contributed by atoms with Gasteiger partial charge in [-0.2, -0.15) is 0 Å². The molecular weight excluding hydrogens is 1020 g/mol. The van der Waals surface area contributed by atoms with Gasteiger partial charge >= 0.3 is 5.97 Å². The number of esters is 1. The first-order valence-corrected chi connectivity index (χ1v) is 37.7. The van der Waals surface area contributed by atoms with Crippen molar-refractivity contribution in [2.24, 2.45) is 0 Å². The van der Waals surface area contributed by atoms with Gasteiger partial charge in [0.2, 0.25) is 5.91 Å². The van der Waals surface area contributed by atoms with Gasteiger partial charge in [0.05, 0.1) is 25.4 Å². The predicted octanol–water partition coefficient (Wildman–Crippen LogP) is 24.7. The molecule has 0 aliphatic carbocycles. The molecule has 2 unspecified atom stereocenters. The van der Waals surface area contributed by atoms with Crippen molar-refractivity contribution in [3.63, 3.8) is 0 Å². The number of rotatable bonds is 71. The van der Waals surface area contributed by atoms with Crippen molar-refractivity contribution in [1.82, 2.24) is 5.32 Å². The van der Waals surface area contributed by atoms with Crippen LogP contribution in [0.4, 0.5) is 0 Å². The number of aliphatic hydroxyl groups excluding tert-OH is 2. The van der Waals surface area contributed by atoms with Crippen molar-refractivity contribution >= 4 is 11.9 Å². The lowest BCUT2D eigenvalue weighted by Gasteiger charge is -2.22. The summed E-state index contributed by atoms with van der Waals surface area (Å²) in [5.41, 5.74) is 0. The monoisotopic (exact) mass is 1170 g/mol. The number of unbranched alkanes of at least 4 members (excludes halogenated alkanes) is 54. The minimum Gasteiger partial charge on any atom is -0.466 e. The summed E-state index contributed by atoms with van der Waals surface area (Å²) < 4.78 is 5.51. The van der Waals surface area contributed by atoms with E-state index in [-0.39, 0.29) is 18.5 Å². The summed E-state index contributed by atoms with van der Waals surface area (Å²) in [4.78, 5) is 24.7. The van der Waals surface area contributed by atoms with Crippen LogP contribution in [0.5, 0.6) is 0 Å². The van der Waals surface area contributed by atoms with Gasteiger partial charge in [0.25, 0.3) is 0 Å². The molecule has 0 aromatic carbocycles. The van der Waals surface area contributed by atoms with E-state index in [1.807, 2.05) is 0 Å². The Morgan fingerprint density at radius 3 is 0.952 bits per heavy atom. The first kappa shape index (κ1) is 81.1. The molecule has 6 nitrogen and oxygen atoms in total. The summed E-state index contributed by atoms with van der Waals surface area (Å²) in [6.07, 6.45) is 93.5. The summed E-state index contributed by atoms with van der Waals surface area (Å²) >= 11 is 0. The fourth-order valence-electron chi connectivity index (χ4n) is 11.9. The van der Waals surface area contributed by atoms with Crippen molar-refractivity contribution in [3.05, 3.63) is 36.5 Å². The van der Waals surface area contributed by atoms with Gasteiger partial charge in [0, 0.05) is 12.8 Å². The molecular formula is C77H147NO5. The molecule has 0 aliphatic heterocycles. The highest BCUT2D eigenvalue weighted by molar-refractivity contribution is 5.76. The summed E-state index contributed by atoms with van der Waals surface area (Å²) in [5.74, 6) is -0.0253. The Kier molecular flexibility index (Phi) is 70.9. The summed E-state index contributed by atoms with van der Waals surface area (Å²) in [6, 6.07) is -0.547. The molecule has 3 N–H and O–H groups in total. The molecule has 6 heteroatoms. The average Bonchev–Trinajstić information content (AvgIpc) is 3.49. The third-order valence-corrected chi connectivity index (χ3v) is 17.7. The van der Waals surface area contributed by atoms with Gasteiger partial charge in [-0.05, 0) is 83.5 Å². The Morgan fingerprint density at radius 1 is 0.337 bits per heavy atom. The zero-order valence-corrected chi connectivity index (χ0v) is 56.2. The van der Waals surface area contributed by atoms with Crippen molar-refractivity contribution in [2.75, 3.05) is 13.2 Å². The molecule has 0 aromatic rings. The fourth-order valence-corrected chi connectivity index (χ4v) is 11.9. The topological polar surface area (TPSA) is 95.9 Å². The van der Waals surface area contributed by atoms with Crippen LogP contribution in [0.15, 0.2) is 36.5 Å². The van der Waals surface area contributed by atoms with Gasteiger partial charge in [-0.3, -0.25) is 9.59 Å². The van der Waals surface area contributed by atoms with E-state index < -0.39 is 12.1 Å². The number of carbonyl (C=O) groups excluding carboxylic acids is 2. The Morgan fingerprint density at radius 2 is 0.602 bits per heavy atom. The van der Waals surface area contributed by atoms with Crippen molar-refractivity contribution in [3.8, 4) is 0 Å². The van der Waals surface area contributed by atoms with E-state index in [1.54, 1.807) is 0 Å². The van der Waals surface area contributed by atoms with E-state index >= 15 is 0 Å². The molecule has 0 bridgehead atoms. The second kappa shape index (κ2) is 72.6. The van der Waals surface area contributed by atoms with E-state index in [9.17, 15) is 19.8 Å². The number of aliphatic hydroxyl groups is 2. The van der Waals surface area contributed by atoms with Crippen LogP contribution in [-0.2, 0) is 14.3 Å². The lowest BCUT2D eigenvalue weighted by Crippen LogP contribution is -2.45. The first-order chi connectivity index (χ1) is 41.0. The van der Waals surface area contributed by atoms with Crippen molar-refractivity contribution in [2.45, 2.75) is 431 Å². The average molecular weight is 1170 g/mol. The molecule has 83 heavy (non-hydrogen) atoms. The van der Waals surface area contributed by atoms with E-state index in [1.165, 1.54) is 334 Å². The largest absolute Gasteiger partial charge is 0.466 e. The number of hydrogen-bond acceptors (Lipinski definition) is 5. The normalized spacial score (nSPS) is 12.7. The molecule has 1 amide bonds. The van der Waals surface area contributed by atoms with Crippen LogP contribution in [0.2, 0.25) is 0 Å². The lowest BCUT2D eigenvalue weighted by atomic mass is 10.0. The lowest BCUT2D eigenvalue weighted by molar-refractivity contribution is -0.143. The molecule has 0 aliphatic rings. The molecule has 490 valence electrons. The van der Waals surface area contributed by atoms with Crippen LogP contribution in [0.25, 0.3) is 0 Å². The molecule has 0 heterocycles. The second-order valence-corrected chi connectivity index (χ2v) is 26.0. The number of carbonyl (C=O) groups is 2. The maximum atomic E-state index is 12.6. The highest BCUT2D eigenvalue weighted by Crippen LogP contribution is 2.19. The molecule has 0 saturated carbocycles. The SMILES string of the molecule is CCCCC/C=C\C/C=C\CCCCCCCCCCCC(=O)OCCCCCCCCCCCCCC/C=C\CCCCCCCCCCC(=O)NC(CO)C(O)CCCCCCCCCCCCCCCCCCCCCCCCC. The van der Waals surface area contributed by atoms with Crippen LogP contribution in [0.1, 0.15) is 418 Å². The molecule has 0 radical (unpaired) electrons. The molecule has 0 saturated heterocycles. The van der Waals surface area contributed by atoms with Crippen molar-refractivity contribution in [1.29, 1.82) is 0 Å². The number of allylic oxidation sites excluding steroid dienone is 6. The second-order valence-electron chi connectivity index (χ2n) is 26.0. The first-order valence-electron chi connectivity index (χ1n) is 37.7. The van der Waals surface area contributed by atoms with Gasteiger partial charge < -0.3 is 20.3 Å². The highest BCUT2D eigenvalue weighted by Gasteiger charge is 2.20. The highest BCUT2D eigenvalue weighted by atomic mass is 16.5. The van der Waals surface area contributed by atoms with Gasteiger partial charge in [0.1, 0.15) is 0 Å². The Bertz CT molecular complexity index is 1340. The maximum Gasteiger partial charge on any atom is 0.305 e. The smallest absolute Gasteiger partial charge is 0.305 e. The van der Waals surface area contributed by atoms with E-state index in [0.717, 1.165) is 51.4 Å². The van der Waals surface area contributed by atoms with Gasteiger partial charge in [-0.15, -0.1) is 0 Å². The Balaban J connectivity index is 3.39. The van der Waals surface area contributed by atoms with Crippen LogP contribution in [0.3, 0.4) is 0 Å². The quantitative estimate of drug-likeness (QED) is 0.0320. The maximum absolute atomic E-state index is 12.6. The standard InChI is InChI=1S/C77H147NO5/c1-3-5-7-9-11-13-15-17-19-21-23-24-27-30-34-37-41-45-49-53-57-61-65-69-75(80)74(73-79)78-76(81)70-66-62-58-54-50-46-42-38-35-31-28-25-26-29-32-36-40-44-48-52-56-60-64-68-72-83-77(82)71-67-63-59-55-51-47-43-39-33-22-20-18-16-14-12-10-8-6-4-2/h12,14,18,20,28,31,74-75,79-80H,3-11,13,15-17,19,21-27,29-30,32-73H2,1-2H3,(H,78,81)/b14-12-,20-18-,31-28-. The fraction of sp³-hybridized carbons (Fsp3) is 0.896.